The van der Waals surface area contributed by atoms with Crippen molar-refractivity contribution in [2.75, 3.05) is 0 Å². The van der Waals surface area contributed by atoms with E-state index in [1.165, 1.54) is 0 Å². The predicted octanol–water partition coefficient (Wildman–Crippen LogP) is 1.28. The number of benzene rings is 1. The molecule has 0 unspecified atom stereocenters. The molecule has 1 heterocycles. The van der Waals surface area contributed by atoms with Gasteiger partial charge in [-0.1, -0.05) is 45.0 Å². The Morgan fingerprint density at radius 3 is 2.45 bits per heavy atom. The molecule has 4 N–H and O–H groups in total. The Kier molecular flexibility index (Phi) is 6.01. The first-order valence-electron chi connectivity index (χ1n) is 6.74. The second-order valence-electron chi connectivity index (χ2n) is 5.99. The van der Waals surface area contributed by atoms with Crippen molar-refractivity contribution in [2.24, 2.45) is 11.1 Å². The number of amides is 1. The van der Waals surface area contributed by atoms with Gasteiger partial charge in [-0.05, 0) is 16.2 Å². The number of aromatic nitrogens is 4. The van der Waals surface area contributed by atoms with E-state index in [0.717, 1.165) is 11.1 Å². The maximum Gasteiger partial charge on any atom is 0.237 e. The number of hydrogen-bond acceptors (Lipinski definition) is 5. The van der Waals surface area contributed by atoms with Crippen molar-refractivity contribution < 1.29 is 4.79 Å². The smallest absolute Gasteiger partial charge is 0.237 e. The average Bonchev–Trinajstić information content (AvgIpc) is 2.97. The molecule has 8 heteroatoms. The maximum atomic E-state index is 11.9. The molecule has 1 amide bonds. The molecule has 0 spiro atoms. The van der Waals surface area contributed by atoms with Crippen LogP contribution in [0.15, 0.2) is 24.3 Å². The lowest BCUT2D eigenvalue weighted by molar-refractivity contribution is -0.124. The summed E-state index contributed by atoms with van der Waals surface area (Å²) in [5, 5.41) is 16.6. The average molecular weight is 325 g/mol. The van der Waals surface area contributed by atoms with Gasteiger partial charge < -0.3 is 11.1 Å². The van der Waals surface area contributed by atoms with E-state index in [9.17, 15) is 4.79 Å². The summed E-state index contributed by atoms with van der Waals surface area (Å²) in [4.78, 5) is 11.9. The molecule has 1 aromatic carbocycles. The van der Waals surface area contributed by atoms with Crippen molar-refractivity contribution in [3.63, 3.8) is 0 Å². The van der Waals surface area contributed by atoms with Crippen LogP contribution in [0.25, 0.3) is 11.4 Å². The lowest BCUT2D eigenvalue weighted by atomic mass is 9.87. The second-order valence-corrected chi connectivity index (χ2v) is 5.99. The first kappa shape index (κ1) is 18.1. The van der Waals surface area contributed by atoms with Crippen LogP contribution in [-0.4, -0.2) is 32.6 Å². The SMILES string of the molecule is CC(C)(C)[C@H](N)C(=O)NCc1ccc(-c2nn[nH]n2)cc1.Cl. The highest BCUT2D eigenvalue weighted by molar-refractivity contribution is 5.85. The Morgan fingerprint density at radius 2 is 1.95 bits per heavy atom. The Hall–Kier alpha value is -1.99. The van der Waals surface area contributed by atoms with Gasteiger partial charge in [-0.3, -0.25) is 4.79 Å². The molecule has 2 aromatic rings. The van der Waals surface area contributed by atoms with E-state index in [2.05, 4.69) is 25.9 Å². The van der Waals surface area contributed by atoms with Gasteiger partial charge in [0, 0.05) is 12.1 Å². The minimum atomic E-state index is -0.531. The molecule has 0 aliphatic rings. The molecule has 0 aliphatic heterocycles. The fourth-order valence-corrected chi connectivity index (χ4v) is 1.75. The summed E-state index contributed by atoms with van der Waals surface area (Å²) in [7, 11) is 0. The van der Waals surface area contributed by atoms with Gasteiger partial charge in [0.1, 0.15) is 0 Å². The highest BCUT2D eigenvalue weighted by atomic mass is 35.5. The third kappa shape index (κ3) is 4.51. The van der Waals surface area contributed by atoms with Gasteiger partial charge in [-0.15, -0.1) is 22.6 Å². The molecule has 0 aliphatic carbocycles. The second kappa shape index (κ2) is 7.33. The van der Waals surface area contributed by atoms with Crippen molar-refractivity contribution in [3.8, 4) is 11.4 Å². The lowest BCUT2D eigenvalue weighted by Gasteiger charge is -2.25. The molecule has 22 heavy (non-hydrogen) atoms. The van der Waals surface area contributed by atoms with Crippen LogP contribution in [0.4, 0.5) is 0 Å². The Morgan fingerprint density at radius 1 is 1.32 bits per heavy atom. The molecule has 0 saturated heterocycles. The van der Waals surface area contributed by atoms with Gasteiger partial charge in [0.05, 0.1) is 6.04 Å². The number of aromatic amines is 1. The van der Waals surface area contributed by atoms with Crippen LogP contribution in [0.1, 0.15) is 26.3 Å². The monoisotopic (exact) mass is 324 g/mol. The molecule has 0 saturated carbocycles. The van der Waals surface area contributed by atoms with Gasteiger partial charge in [-0.25, -0.2) is 0 Å². The fraction of sp³-hybridized carbons (Fsp3) is 0.429. The largest absolute Gasteiger partial charge is 0.351 e. The molecule has 1 atom stereocenters. The third-order valence-electron chi connectivity index (χ3n) is 3.24. The fourth-order valence-electron chi connectivity index (χ4n) is 1.75. The highest BCUT2D eigenvalue weighted by Gasteiger charge is 2.26. The van der Waals surface area contributed by atoms with Gasteiger partial charge >= 0.3 is 0 Å². The minimum absolute atomic E-state index is 0. The van der Waals surface area contributed by atoms with E-state index in [0.29, 0.717) is 12.4 Å². The van der Waals surface area contributed by atoms with E-state index in [-0.39, 0.29) is 23.7 Å². The predicted molar refractivity (Wildman–Crippen MR) is 86.1 cm³/mol. The van der Waals surface area contributed by atoms with Gasteiger partial charge in [0.15, 0.2) is 0 Å². The summed E-state index contributed by atoms with van der Waals surface area (Å²) in [5.41, 5.74) is 7.50. The van der Waals surface area contributed by atoms with Crippen molar-refractivity contribution >= 4 is 18.3 Å². The molecule has 0 fully saturated rings. The molecule has 2 rings (SSSR count). The molecule has 1 aromatic heterocycles. The minimum Gasteiger partial charge on any atom is -0.351 e. The Bertz CT molecular complexity index is 591. The van der Waals surface area contributed by atoms with E-state index >= 15 is 0 Å². The number of carbonyl (C=O) groups is 1. The number of nitrogens with two attached hydrogens (primary N) is 1. The number of carbonyl (C=O) groups excluding carboxylic acids is 1. The number of nitrogens with zero attached hydrogens (tertiary/aromatic N) is 3. The molecule has 7 nitrogen and oxygen atoms in total. The number of rotatable bonds is 4. The van der Waals surface area contributed by atoms with E-state index in [1.807, 2.05) is 45.0 Å². The number of nitrogens with one attached hydrogen (secondary N) is 2. The lowest BCUT2D eigenvalue weighted by Crippen LogP contribution is -2.48. The highest BCUT2D eigenvalue weighted by Crippen LogP contribution is 2.17. The molecule has 0 bridgehead atoms. The number of H-pyrrole nitrogens is 1. The van der Waals surface area contributed by atoms with E-state index in [4.69, 9.17) is 5.73 Å². The van der Waals surface area contributed by atoms with Crippen LogP contribution in [0.2, 0.25) is 0 Å². The first-order chi connectivity index (χ1) is 9.88. The zero-order chi connectivity index (χ0) is 15.5. The number of hydrogen-bond donors (Lipinski definition) is 3. The first-order valence-corrected chi connectivity index (χ1v) is 6.74. The van der Waals surface area contributed by atoms with Crippen LogP contribution in [0, 0.1) is 5.41 Å². The van der Waals surface area contributed by atoms with Crippen LogP contribution >= 0.6 is 12.4 Å². The van der Waals surface area contributed by atoms with Crippen LogP contribution in [-0.2, 0) is 11.3 Å². The van der Waals surface area contributed by atoms with Crippen LogP contribution in [0.3, 0.4) is 0 Å². The maximum absolute atomic E-state index is 11.9. The molecular formula is C14H21ClN6O. The molecular weight excluding hydrogens is 304 g/mol. The third-order valence-corrected chi connectivity index (χ3v) is 3.24. The topological polar surface area (TPSA) is 110 Å². The number of halogens is 1. The normalized spacial score (nSPS) is 12.4. The van der Waals surface area contributed by atoms with Crippen LogP contribution in [0.5, 0.6) is 0 Å². The van der Waals surface area contributed by atoms with Crippen LogP contribution < -0.4 is 11.1 Å². The van der Waals surface area contributed by atoms with Crippen molar-refractivity contribution in [1.82, 2.24) is 25.9 Å². The van der Waals surface area contributed by atoms with E-state index < -0.39 is 6.04 Å². The standard InChI is InChI=1S/C14H20N6O.ClH/c1-14(2,3)11(15)13(21)16-8-9-4-6-10(7-5-9)12-17-19-20-18-12;/h4-7,11H,8,15H2,1-3H3,(H,16,21)(H,17,18,19,20);1H/t11-;/m1./s1. The van der Waals surface area contributed by atoms with Gasteiger partial charge in [-0.2, -0.15) is 5.21 Å². The zero-order valence-corrected chi connectivity index (χ0v) is 13.6. The Labute approximate surface area is 135 Å². The van der Waals surface area contributed by atoms with Crippen molar-refractivity contribution in [3.05, 3.63) is 29.8 Å². The summed E-state index contributed by atoms with van der Waals surface area (Å²) in [6, 6.07) is 7.06. The zero-order valence-electron chi connectivity index (χ0n) is 12.8. The summed E-state index contributed by atoms with van der Waals surface area (Å²) < 4.78 is 0. The summed E-state index contributed by atoms with van der Waals surface area (Å²) in [6.07, 6.45) is 0. The summed E-state index contributed by atoms with van der Waals surface area (Å²) >= 11 is 0. The summed E-state index contributed by atoms with van der Waals surface area (Å²) in [5.74, 6) is 0.394. The van der Waals surface area contributed by atoms with E-state index in [1.54, 1.807) is 0 Å². The quantitative estimate of drug-likeness (QED) is 0.784. The van der Waals surface area contributed by atoms with Crippen molar-refractivity contribution in [2.45, 2.75) is 33.4 Å². The Balaban J connectivity index is 0.00000242. The molecule has 120 valence electrons. The van der Waals surface area contributed by atoms with Gasteiger partial charge in [0.25, 0.3) is 0 Å². The summed E-state index contributed by atoms with van der Waals surface area (Å²) in [6.45, 7) is 6.26. The number of tetrazole rings is 1. The van der Waals surface area contributed by atoms with Gasteiger partial charge in [0.2, 0.25) is 11.7 Å². The van der Waals surface area contributed by atoms with Crippen molar-refractivity contribution in [1.29, 1.82) is 0 Å². The molecule has 0 radical (unpaired) electrons.